The van der Waals surface area contributed by atoms with E-state index in [1.54, 1.807) is 6.08 Å². The Kier molecular flexibility index (Phi) is 6.13. The van der Waals surface area contributed by atoms with Crippen LogP contribution in [0.5, 0.6) is 0 Å². The minimum absolute atomic E-state index is 0.173. The molecule has 0 unspecified atom stereocenters. The zero-order valence-corrected chi connectivity index (χ0v) is 17.1. The molecule has 0 aromatic rings. The van der Waals surface area contributed by atoms with Gasteiger partial charge in [-0.15, -0.1) is 0 Å². The van der Waals surface area contributed by atoms with Gasteiger partial charge in [-0.1, -0.05) is 30.2 Å². The number of hydrogen-bond donors (Lipinski definition) is 0. The van der Waals surface area contributed by atoms with E-state index in [1.807, 2.05) is 34.6 Å². The van der Waals surface area contributed by atoms with Crippen LogP contribution in [0.1, 0.15) is 54.4 Å². The smallest absolute Gasteiger partial charge is 0.330 e. The van der Waals surface area contributed by atoms with Crippen molar-refractivity contribution in [2.24, 2.45) is 17.3 Å². The number of carbonyl (C=O) groups excluding carboxylic acids is 3. The summed E-state index contributed by atoms with van der Waals surface area (Å²) >= 11 is 0. The number of hydrogen-bond acceptors (Lipinski definition) is 5. The van der Waals surface area contributed by atoms with Crippen LogP contribution in [0.2, 0.25) is 0 Å². The van der Waals surface area contributed by atoms with Crippen LogP contribution in [0.3, 0.4) is 0 Å². The molecule has 2 aliphatic rings. The predicted molar refractivity (Wildman–Crippen MR) is 103 cm³/mol. The van der Waals surface area contributed by atoms with Crippen LogP contribution in [-0.4, -0.2) is 29.9 Å². The molecule has 5 heteroatoms. The molecule has 0 N–H and O–H groups in total. The van der Waals surface area contributed by atoms with Gasteiger partial charge in [0.25, 0.3) is 0 Å². The van der Waals surface area contributed by atoms with E-state index in [1.165, 1.54) is 13.0 Å². The van der Waals surface area contributed by atoms with E-state index in [0.717, 1.165) is 16.7 Å². The fourth-order valence-corrected chi connectivity index (χ4v) is 4.57. The summed E-state index contributed by atoms with van der Waals surface area (Å²) in [5.74, 6) is -1.22. The molecule has 2 rings (SSSR count). The van der Waals surface area contributed by atoms with Gasteiger partial charge in [0.1, 0.15) is 6.10 Å². The molecule has 1 saturated carbocycles. The molecule has 0 amide bonds. The van der Waals surface area contributed by atoms with Gasteiger partial charge in [-0.25, -0.2) is 4.79 Å². The Morgan fingerprint density at radius 3 is 2.37 bits per heavy atom. The number of carbonyl (C=O) groups is 3. The average molecular weight is 374 g/mol. The first-order valence-corrected chi connectivity index (χ1v) is 9.39. The molecule has 0 saturated heterocycles. The summed E-state index contributed by atoms with van der Waals surface area (Å²) in [5, 5.41) is 0. The van der Waals surface area contributed by atoms with Crippen LogP contribution < -0.4 is 0 Å². The maximum atomic E-state index is 12.5. The topological polar surface area (TPSA) is 69.7 Å². The molecular weight excluding hydrogens is 344 g/mol. The number of ether oxygens (including phenoxy) is 2. The molecule has 0 aromatic carbocycles. The van der Waals surface area contributed by atoms with Gasteiger partial charge in [0.2, 0.25) is 0 Å². The zero-order valence-electron chi connectivity index (χ0n) is 17.1. The van der Waals surface area contributed by atoms with E-state index in [2.05, 4.69) is 6.58 Å². The minimum atomic E-state index is -0.861. The summed E-state index contributed by atoms with van der Waals surface area (Å²) in [4.78, 5) is 36.4. The van der Waals surface area contributed by atoms with Crippen molar-refractivity contribution in [2.45, 2.75) is 66.6 Å². The van der Waals surface area contributed by atoms with Gasteiger partial charge < -0.3 is 9.47 Å². The van der Waals surface area contributed by atoms with Crippen molar-refractivity contribution in [3.05, 3.63) is 35.5 Å². The lowest BCUT2D eigenvalue weighted by molar-refractivity contribution is -0.164. The van der Waals surface area contributed by atoms with E-state index in [4.69, 9.17) is 9.47 Å². The van der Waals surface area contributed by atoms with Crippen molar-refractivity contribution in [3.8, 4) is 0 Å². The molecule has 5 atom stereocenters. The van der Waals surface area contributed by atoms with Crippen molar-refractivity contribution in [1.82, 2.24) is 0 Å². The van der Waals surface area contributed by atoms with E-state index < -0.39 is 23.6 Å². The third-order valence-electron chi connectivity index (χ3n) is 5.95. The number of ketones is 1. The first-order chi connectivity index (χ1) is 12.5. The molecule has 0 aliphatic heterocycles. The molecule has 0 aromatic heterocycles. The Morgan fingerprint density at radius 1 is 1.22 bits per heavy atom. The van der Waals surface area contributed by atoms with Gasteiger partial charge in [0, 0.05) is 24.3 Å². The first-order valence-electron chi connectivity index (χ1n) is 9.39. The van der Waals surface area contributed by atoms with Crippen molar-refractivity contribution in [3.63, 3.8) is 0 Å². The monoisotopic (exact) mass is 374 g/mol. The van der Waals surface area contributed by atoms with Crippen LogP contribution in [0.25, 0.3) is 0 Å². The molecule has 2 aliphatic carbocycles. The molecule has 148 valence electrons. The van der Waals surface area contributed by atoms with Gasteiger partial charge in [0.05, 0.1) is 0 Å². The van der Waals surface area contributed by atoms with Crippen molar-refractivity contribution in [2.75, 3.05) is 0 Å². The maximum absolute atomic E-state index is 12.5. The van der Waals surface area contributed by atoms with Crippen molar-refractivity contribution in [1.29, 1.82) is 0 Å². The highest BCUT2D eigenvalue weighted by Crippen LogP contribution is 2.57. The molecule has 1 spiro atoms. The Labute approximate surface area is 161 Å². The molecule has 0 radical (unpaired) electrons. The second-order valence-corrected chi connectivity index (χ2v) is 8.22. The fraction of sp³-hybridized carbons (Fsp3) is 0.591. The van der Waals surface area contributed by atoms with Crippen LogP contribution in [0, 0.1) is 17.3 Å². The highest BCUT2D eigenvalue weighted by Gasteiger charge is 2.58. The molecule has 0 heterocycles. The van der Waals surface area contributed by atoms with Gasteiger partial charge in [-0.2, -0.15) is 0 Å². The summed E-state index contributed by atoms with van der Waals surface area (Å²) in [5.41, 5.74) is 2.21. The molecule has 27 heavy (non-hydrogen) atoms. The first kappa shape index (κ1) is 21.1. The largest absolute Gasteiger partial charge is 0.458 e. The normalized spacial score (nSPS) is 32.7. The Bertz CT molecular complexity index is 725. The van der Waals surface area contributed by atoms with Crippen molar-refractivity contribution < 1.29 is 23.9 Å². The molecule has 0 bridgehead atoms. The van der Waals surface area contributed by atoms with Crippen LogP contribution in [0.15, 0.2) is 35.5 Å². The number of rotatable bonds is 4. The predicted octanol–water partition coefficient (Wildman–Crippen LogP) is 3.93. The van der Waals surface area contributed by atoms with Gasteiger partial charge >= 0.3 is 11.9 Å². The maximum Gasteiger partial charge on any atom is 0.330 e. The standard InChI is InChI=1S/C22H30O5/c1-12(2)8-20(25)27-19-10-17(13(3)4)11-22(19)14(5)9-18(24)21(15(22)6)26-16(7)23/h8-9,15,17,19,21H,3,10-11H2,1-2,4-7H3/t15-,17-,19-,21-,22+/m1/s1. The number of esters is 2. The second-order valence-electron chi connectivity index (χ2n) is 8.22. The Hall–Kier alpha value is -2.17. The van der Waals surface area contributed by atoms with Gasteiger partial charge in [0.15, 0.2) is 11.9 Å². The van der Waals surface area contributed by atoms with E-state index >= 15 is 0 Å². The van der Waals surface area contributed by atoms with E-state index in [0.29, 0.717) is 12.8 Å². The van der Waals surface area contributed by atoms with Crippen LogP contribution in [-0.2, 0) is 23.9 Å². The number of allylic oxidation sites excluding steroid dienone is 2. The van der Waals surface area contributed by atoms with E-state index in [-0.39, 0.29) is 23.6 Å². The highest BCUT2D eigenvalue weighted by atomic mass is 16.6. The molecule has 1 fully saturated rings. The second kappa shape index (κ2) is 7.83. The highest BCUT2D eigenvalue weighted by molar-refractivity contribution is 5.97. The van der Waals surface area contributed by atoms with E-state index in [9.17, 15) is 14.4 Å². The summed E-state index contributed by atoms with van der Waals surface area (Å²) in [6.07, 6.45) is 3.12. The Balaban J connectivity index is 2.48. The lowest BCUT2D eigenvalue weighted by Crippen LogP contribution is -2.51. The minimum Gasteiger partial charge on any atom is -0.458 e. The van der Waals surface area contributed by atoms with Crippen LogP contribution >= 0.6 is 0 Å². The summed E-state index contributed by atoms with van der Waals surface area (Å²) in [6.45, 7) is 14.8. The third-order valence-corrected chi connectivity index (χ3v) is 5.95. The van der Waals surface area contributed by atoms with Gasteiger partial charge in [-0.3, -0.25) is 9.59 Å². The van der Waals surface area contributed by atoms with Crippen molar-refractivity contribution >= 4 is 17.7 Å². The third kappa shape index (κ3) is 4.07. The zero-order chi connectivity index (χ0) is 20.5. The molecule has 5 nitrogen and oxygen atoms in total. The summed E-state index contributed by atoms with van der Waals surface area (Å²) < 4.78 is 11.2. The van der Waals surface area contributed by atoms with Crippen LogP contribution in [0.4, 0.5) is 0 Å². The Morgan fingerprint density at radius 2 is 1.85 bits per heavy atom. The lowest BCUT2D eigenvalue weighted by atomic mass is 9.62. The SMILES string of the molecule is C=C(C)[C@@H]1C[C@@H](OC(=O)C=C(C)C)[C@@]2(C1)C(C)=CC(=O)[C@H](OC(C)=O)[C@H]2C. The fourth-order valence-electron chi connectivity index (χ4n) is 4.57. The van der Waals surface area contributed by atoms with Gasteiger partial charge in [-0.05, 0) is 52.5 Å². The quantitative estimate of drug-likeness (QED) is 0.424. The average Bonchev–Trinajstić information content (AvgIpc) is 2.89. The lowest BCUT2D eigenvalue weighted by Gasteiger charge is -2.46. The molecular formula is C22H30O5. The summed E-state index contributed by atoms with van der Waals surface area (Å²) in [7, 11) is 0. The summed E-state index contributed by atoms with van der Waals surface area (Å²) in [6, 6.07) is 0.